The molecule has 4 rings (SSSR count). The van der Waals surface area contributed by atoms with Gasteiger partial charge in [0, 0.05) is 50.4 Å². The molecule has 24 heavy (non-hydrogen) atoms. The van der Waals surface area contributed by atoms with Gasteiger partial charge in [0.2, 0.25) is 0 Å². The molecule has 1 saturated heterocycles. The third-order valence-corrected chi connectivity index (χ3v) is 5.45. The number of anilines is 1. The summed E-state index contributed by atoms with van der Waals surface area (Å²) in [7, 11) is 0. The van der Waals surface area contributed by atoms with Crippen molar-refractivity contribution in [2.45, 2.75) is 31.6 Å². The van der Waals surface area contributed by atoms with Crippen LogP contribution < -0.4 is 4.90 Å². The largest absolute Gasteiger partial charge is 0.354 e. The Morgan fingerprint density at radius 3 is 2.46 bits per heavy atom. The first-order valence-electron chi connectivity index (χ1n) is 9.22. The molecule has 0 spiro atoms. The zero-order chi connectivity index (χ0) is 16.2. The summed E-state index contributed by atoms with van der Waals surface area (Å²) >= 11 is 0. The van der Waals surface area contributed by atoms with Gasteiger partial charge in [-0.05, 0) is 24.8 Å². The molecule has 4 heteroatoms. The SMILES string of the molecule is c1ccc(CCN2CCN(c3cc(C4CCC4)ncn3)CC2)cc1. The van der Waals surface area contributed by atoms with Gasteiger partial charge in [0.25, 0.3) is 0 Å². The van der Waals surface area contributed by atoms with E-state index < -0.39 is 0 Å². The van der Waals surface area contributed by atoms with Crippen LogP contribution in [0.3, 0.4) is 0 Å². The fourth-order valence-corrected chi connectivity index (χ4v) is 3.59. The van der Waals surface area contributed by atoms with E-state index in [1.54, 1.807) is 6.33 Å². The molecule has 1 saturated carbocycles. The molecule has 1 aliphatic heterocycles. The standard InChI is InChI=1S/C20H26N4/c1-2-5-17(6-3-1)9-10-23-11-13-24(14-12-23)20-15-19(21-16-22-20)18-7-4-8-18/h1-3,5-6,15-16,18H,4,7-14H2. The molecule has 1 aliphatic carbocycles. The van der Waals surface area contributed by atoms with Crippen LogP contribution in [0.5, 0.6) is 0 Å². The van der Waals surface area contributed by atoms with Crippen LogP contribution >= 0.6 is 0 Å². The van der Waals surface area contributed by atoms with E-state index in [1.165, 1.54) is 30.5 Å². The van der Waals surface area contributed by atoms with Gasteiger partial charge in [0.05, 0.1) is 0 Å². The molecule has 0 atom stereocenters. The van der Waals surface area contributed by atoms with Crippen LogP contribution in [0.15, 0.2) is 42.7 Å². The number of hydrogen-bond acceptors (Lipinski definition) is 4. The summed E-state index contributed by atoms with van der Waals surface area (Å²) in [5, 5.41) is 0. The van der Waals surface area contributed by atoms with E-state index in [-0.39, 0.29) is 0 Å². The van der Waals surface area contributed by atoms with Crippen molar-refractivity contribution in [1.82, 2.24) is 14.9 Å². The summed E-state index contributed by atoms with van der Waals surface area (Å²) < 4.78 is 0. The predicted octanol–water partition coefficient (Wildman–Crippen LogP) is 3.11. The van der Waals surface area contributed by atoms with Gasteiger partial charge < -0.3 is 4.90 Å². The molecule has 0 amide bonds. The highest BCUT2D eigenvalue weighted by Crippen LogP contribution is 2.35. The lowest BCUT2D eigenvalue weighted by Crippen LogP contribution is -2.47. The molecule has 0 bridgehead atoms. The molecule has 126 valence electrons. The summed E-state index contributed by atoms with van der Waals surface area (Å²) in [6.07, 6.45) is 6.84. The van der Waals surface area contributed by atoms with Gasteiger partial charge in [0.1, 0.15) is 12.1 Å². The summed E-state index contributed by atoms with van der Waals surface area (Å²) in [5.41, 5.74) is 2.68. The van der Waals surface area contributed by atoms with Crippen LogP contribution in [-0.2, 0) is 6.42 Å². The van der Waals surface area contributed by atoms with Gasteiger partial charge in [-0.1, -0.05) is 36.8 Å². The summed E-state index contributed by atoms with van der Waals surface area (Å²) in [6.45, 7) is 5.52. The van der Waals surface area contributed by atoms with E-state index in [1.807, 2.05) is 0 Å². The fraction of sp³-hybridized carbons (Fsp3) is 0.500. The fourth-order valence-electron chi connectivity index (χ4n) is 3.59. The maximum absolute atomic E-state index is 4.52. The second kappa shape index (κ2) is 7.31. The molecule has 0 N–H and O–H groups in total. The van der Waals surface area contributed by atoms with E-state index >= 15 is 0 Å². The Morgan fingerprint density at radius 1 is 0.958 bits per heavy atom. The van der Waals surface area contributed by atoms with Crippen molar-refractivity contribution in [3.63, 3.8) is 0 Å². The number of hydrogen-bond donors (Lipinski definition) is 0. The van der Waals surface area contributed by atoms with Crippen molar-refractivity contribution in [3.05, 3.63) is 54.0 Å². The van der Waals surface area contributed by atoms with Crippen LogP contribution in [0.4, 0.5) is 5.82 Å². The lowest BCUT2D eigenvalue weighted by Gasteiger charge is -2.35. The number of benzene rings is 1. The topological polar surface area (TPSA) is 32.3 Å². The maximum atomic E-state index is 4.52. The number of rotatable bonds is 5. The summed E-state index contributed by atoms with van der Waals surface area (Å²) in [4.78, 5) is 14.0. The molecule has 4 nitrogen and oxygen atoms in total. The third-order valence-electron chi connectivity index (χ3n) is 5.45. The van der Waals surface area contributed by atoms with Crippen LogP contribution in [-0.4, -0.2) is 47.6 Å². The molecule has 1 aromatic carbocycles. The minimum atomic E-state index is 0.680. The molecule has 1 aromatic heterocycles. The lowest BCUT2D eigenvalue weighted by atomic mass is 9.83. The molecule has 0 radical (unpaired) electrons. The second-order valence-electron chi connectivity index (χ2n) is 6.99. The van der Waals surface area contributed by atoms with Crippen LogP contribution in [0.2, 0.25) is 0 Å². The van der Waals surface area contributed by atoms with E-state index in [9.17, 15) is 0 Å². The molecular formula is C20H26N4. The van der Waals surface area contributed by atoms with Crippen molar-refractivity contribution in [1.29, 1.82) is 0 Å². The average molecular weight is 322 g/mol. The second-order valence-corrected chi connectivity index (χ2v) is 6.99. The quantitative estimate of drug-likeness (QED) is 0.847. The minimum Gasteiger partial charge on any atom is -0.354 e. The summed E-state index contributed by atoms with van der Waals surface area (Å²) in [6, 6.07) is 13.0. The van der Waals surface area contributed by atoms with Gasteiger partial charge in [-0.25, -0.2) is 9.97 Å². The van der Waals surface area contributed by atoms with E-state index in [0.717, 1.165) is 45.0 Å². The highest BCUT2D eigenvalue weighted by molar-refractivity contribution is 5.40. The van der Waals surface area contributed by atoms with Gasteiger partial charge in [0.15, 0.2) is 0 Å². The Kier molecular flexibility index (Phi) is 4.74. The molecule has 2 heterocycles. The molecule has 2 aromatic rings. The highest BCUT2D eigenvalue weighted by Gasteiger charge is 2.23. The normalized spacial score (nSPS) is 19.2. The van der Waals surface area contributed by atoms with Crippen molar-refractivity contribution < 1.29 is 0 Å². The smallest absolute Gasteiger partial charge is 0.132 e. The Morgan fingerprint density at radius 2 is 1.75 bits per heavy atom. The first-order chi connectivity index (χ1) is 11.9. The molecule has 2 aliphatic rings. The maximum Gasteiger partial charge on any atom is 0.132 e. The van der Waals surface area contributed by atoms with E-state index in [0.29, 0.717) is 5.92 Å². The van der Waals surface area contributed by atoms with Crippen LogP contribution in [0, 0.1) is 0 Å². The number of nitrogens with zero attached hydrogens (tertiary/aromatic N) is 4. The van der Waals surface area contributed by atoms with Gasteiger partial charge in [-0.2, -0.15) is 0 Å². The van der Waals surface area contributed by atoms with Crippen LogP contribution in [0.25, 0.3) is 0 Å². The summed E-state index contributed by atoms with van der Waals surface area (Å²) in [5.74, 6) is 1.80. The Hall–Kier alpha value is -1.94. The van der Waals surface area contributed by atoms with Gasteiger partial charge in [-0.15, -0.1) is 0 Å². The zero-order valence-corrected chi connectivity index (χ0v) is 14.3. The van der Waals surface area contributed by atoms with Gasteiger partial charge in [-0.3, -0.25) is 4.90 Å². The molecular weight excluding hydrogens is 296 g/mol. The number of aromatic nitrogens is 2. The average Bonchev–Trinajstić information content (AvgIpc) is 2.60. The molecule has 0 unspecified atom stereocenters. The predicted molar refractivity (Wildman–Crippen MR) is 97.4 cm³/mol. The first-order valence-corrected chi connectivity index (χ1v) is 9.22. The number of piperazine rings is 1. The Balaban J connectivity index is 1.29. The van der Waals surface area contributed by atoms with Crippen LogP contribution in [0.1, 0.15) is 36.4 Å². The van der Waals surface area contributed by atoms with Crippen molar-refractivity contribution >= 4 is 5.82 Å². The Bertz CT molecular complexity index is 646. The van der Waals surface area contributed by atoms with E-state index in [2.05, 4.69) is 56.2 Å². The molecule has 2 fully saturated rings. The lowest BCUT2D eigenvalue weighted by molar-refractivity contribution is 0.260. The zero-order valence-electron chi connectivity index (χ0n) is 14.3. The first kappa shape index (κ1) is 15.6. The minimum absolute atomic E-state index is 0.680. The van der Waals surface area contributed by atoms with E-state index in [4.69, 9.17) is 0 Å². The van der Waals surface area contributed by atoms with Crippen molar-refractivity contribution in [2.75, 3.05) is 37.6 Å². The Labute approximate surface area is 144 Å². The van der Waals surface area contributed by atoms with Crippen molar-refractivity contribution in [3.8, 4) is 0 Å². The third kappa shape index (κ3) is 3.59. The van der Waals surface area contributed by atoms with Gasteiger partial charge >= 0.3 is 0 Å². The highest BCUT2D eigenvalue weighted by atomic mass is 15.3. The monoisotopic (exact) mass is 322 g/mol. The van der Waals surface area contributed by atoms with Crippen molar-refractivity contribution in [2.24, 2.45) is 0 Å².